The van der Waals surface area contributed by atoms with E-state index in [0.29, 0.717) is 0 Å². The highest BCUT2D eigenvalue weighted by Gasteiger charge is 2.19. The fourth-order valence-electron chi connectivity index (χ4n) is 1.98. The Morgan fingerprint density at radius 2 is 2.07 bits per heavy atom. The molecule has 0 radical (unpaired) electrons. The van der Waals surface area contributed by atoms with Gasteiger partial charge in [0.2, 0.25) is 0 Å². The number of aryl methyl sites for hydroxylation is 1. The average Bonchev–Trinajstić information content (AvgIpc) is 2.51. The molecule has 0 aliphatic heterocycles. The minimum Gasteiger partial charge on any atom is -0.145 e. The molecule has 1 aliphatic carbocycles. The summed E-state index contributed by atoms with van der Waals surface area (Å²) in [7, 11) is 0. The van der Waals surface area contributed by atoms with E-state index < -0.39 is 0 Å². The number of fused-ring (bicyclic) bond motifs is 1. The van der Waals surface area contributed by atoms with Crippen molar-refractivity contribution in [1.82, 2.24) is 0 Å². The second-order valence-electron chi connectivity index (χ2n) is 4.29. The maximum absolute atomic E-state index is 2.32. The van der Waals surface area contributed by atoms with Crippen molar-refractivity contribution in [3.05, 3.63) is 38.6 Å². The van der Waals surface area contributed by atoms with Crippen molar-refractivity contribution in [3.63, 3.8) is 0 Å². The second-order valence-corrected chi connectivity index (χ2v) is 5.63. The Balaban J connectivity index is 2.50. The summed E-state index contributed by atoms with van der Waals surface area (Å²) in [5, 5.41) is 0. The largest absolute Gasteiger partial charge is 0.145 e. The standard InChI is InChI=1S/C13H16S/c1-8(2)5-11-9(3)6-13-12(11)7-10(4)14-13/h5,7H,6H2,1-4H3. The molecular weight excluding hydrogens is 188 g/mol. The Kier molecular flexibility index (Phi) is 2.36. The molecule has 0 saturated heterocycles. The van der Waals surface area contributed by atoms with Gasteiger partial charge in [0.05, 0.1) is 0 Å². The Labute approximate surface area is 90.0 Å². The molecule has 2 rings (SSSR count). The molecule has 0 aromatic carbocycles. The highest BCUT2D eigenvalue weighted by atomic mass is 32.1. The molecule has 0 spiro atoms. The van der Waals surface area contributed by atoms with Crippen LogP contribution in [0.2, 0.25) is 0 Å². The van der Waals surface area contributed by atoms with Crippen LogP contribution in [0.5, 0.6) is 0 Å². The van der Waals surface area contributed by atoms with Crippen molar-refractivity contribution < 1.29 is 0 Å². The van der Waals surface area contributed by atoms with E-state index in [1.807, 2.05) is 11.3 Å². The van der Waals surface area contributed by atoms with Crippen molar-refractivity contribution in [1.29, 1.82) is 0 Å². The maximum atomic E-state index is 2.32. The van der Waals surface area contributed by atoms with Crippen LogP contribution in [0.1, 0.15) is 36.1 Å². The fourth-order valence-corrected chi connectivity index (χ4v) is 3.11. The zero-order valence-electron chi connectivity index (χ0n) is 9.27. The molecule has 14 heavy (non-hydrogen) atoms. The van der Waals surface area contributed by atoms with Crippen LogP contribution in [0.15, 0.2) is 23.3 Å². The SMILES string of the molecule is CC(C)=CC1=C(C)Cc2sc(C)cc21. The molecule has 1 aromatic heterocycles. The first kappa shape index (κ1) is 9.72. The molecule has 1 aromatic rings. The van der Waals surface area contributed by atoms with Gasteiger partial charge in [0.15, 0.2) is 0 Å². The van der Waals surface area contributed by atoms with Gasteiger partial charge in [-0.15, -0.1) is 11.3 Å². The third-order valence-corrected chi connectivity index (χ3v) is 3.59. The van der Waals surface area contributed by atoms with Gasteiger partial charge in [0.25, 0.3) is 0 Å². The molecule has 0 bridgehead atoms. The van der Waals surface area contributed by atoms with E-state index in [0.717, 1.165) is 6.42 Å². The van der Waals surface area contributed by atoms with E-state index in [9.17, 15) is 0 Å². The van der Waals surface area contributed by atoms with Crippen LogP contribution in [-0.2, 0) is 6.42 Å². The number of hydrogen-bond acceptors (Lipinski definition) is 1. The van der Waals surface area contributed by atoms with Gasteiger partial charge in [-0.25, -0.2) is 0 Å². The van der Waals surface area contributed by atoms with Gasteiger partial charge in [0.1, 0.15) is 0 Å². The average molecular weight is 204 g/mol. The summed E-state index contributed by atoms with van der Waals surface area (Å²) in [5.74, 6) is 0. The van der Waals surface area contributed by atoms with Crippen LogP contribution in [-0.4, -0.2) is 0 Å². The smallest absolute Gasteiger partial charge is 0.0167 e. The highest BCUT2D eigenvalue weighted by Crippen LogP contribution is 2.39. The predicted octanol–water partition coefficient (Wildman–Crippen LogP) is 4.35. The summed E-state index contributed by atoms with van der Waals surface area (Å²) in [6, 6.07) is 2.32. The number of allylic oxidation sites excluding steroid dienone is 4. The zero-order chi connectivity index (χ0) is 10.3. The summed E-state index contributed by atoms with van der Waals surface area (Å²) in [5.41, 5.74) is 5.85. The monoisotopic (exact) mass is 204 g/mol. The minimum absolute atomic E-state index is 1.16. The molecule has 1 aliphatic rings. The topological polar surface area (TPSA) is 0 Å². The molecule has 74 valence electrons. The number of hydrogen-bond donors (Lipinski definition) is 0. The fraction of sp³-hybridized carbons (Fsp3) is 0.385. The lowest BCUT2D eigenvalue weighted by Gasteiger charge is -1.98. The zero-order valence-corrected chi connectivity index (χ0v) is 10.1. The van der Waals surface area contributed by atoms with Crippen molar-refractivity contribution in [2.24, 2.45) is 0 Å². The van der Waals surface area contributed by atoms with Gasteiger partial charge in [-0.3, -0.25) is 0 Å². The van der Waals surface area contributed by atoms with Crippen LogP contribution in [0, 0.1) is 6.92 Å². The summed E-state index contributed by atoms with van der Waals surface area (Å²) in [4.78, 5) is 2.98. The van der Waals surface area contributed by atoms with Gasteiger partial charge < -0.3 is 0 Å². The van der Waals surface area contributed by atoms with Gasteiger partial charge >= 0.3 is 0 Å². The van der Waals surface area contributed by atoms with E-state index in [2.05, 4.69) is 39.8 Å². The van der Waals surface area contributed by atoms with Crippen molar-refractivity contribution >= 4 is 16.9 Å². The lowest BCUT2D eigenvalue weighted by atomic mass is 10.1. The van der Waals surface area contributed by atoms with Gasteiger partial charge in [-0.2, -0.15) is 0 Å². The van der Waals surface area contributed by atoms with E-state index in [4.69, 9.17) is 0 Å². The lowest BCUT2D eigenvalue weighted by molar-refractivity contribution is 1.23. The van der Waals surface area contributed by atoms with Crippen LogP contribution in [0.25, 0.3) is 5.57 Å². The van der Waals surface area contributed by atoms with Crippen LogP contribution in [0.4, 0.5) is 0 Å². The van der Waals surface area contributed by atoms with E-state index >= 15 is 0 Å². The Morgan fingerprint density at radius 1 is 1.36 bits per heavy atom. The van der Waals surface area contributed by atoms with Crippen LogP contribution in [0.3, 0.4) is 0 Å². The van der Waals surface area contributed by atoms with Crippen LogP contribution >= 0.6 is 11.3 Å². The molecule has 1 heteroatoms. The molecule has 0 amide bonds. The molecule has 1 heterocycles. The maximum Gasteiger partial charge on any atom is 0.0167 e. The number of rotatable bonds is 1. The molecule has 0 saturated carbocycles. The summed E-state index contributed by atoms with van der Waals surface area (Å²) in [6.07, 6.45) is 3.47. The minimum atomic E-state index is 1.16. The summed E-state index contributed by atoms with van der Waals surface area (Å²) in [6.45, 7) is 8.77. The lowest BCUT2D eigenvalue weighted by Crippen LogP contribution is -1.78. The van der Waals surface area contributed by atoms with E-state index in [-0.39, 0.29) is 0 Å². The molecule has 0 fully saturated rings. The van der Waals surface area contributed by atoms with Crippen molar-refractivity contribution in [2.75, 3.05) is 0 Å². The number of thiophene rings is 1. The summed E-state index contributed by atoms with van der Waals surface area (Å²) >= 11 is 1.94. The van der Waals surface area contributed by atoms with Gasteiger partial charge in [0, 0.05) is 16.2 Å². The van der Waals surface area contributed by atoms with Gasteiger partial charge in [-0.05, 0) is 44.9 Å². The Hall–Kier alpha value is -0.820. The Bertz CT molecular complexity index is 426. The van der Waals surface area contributed by atoms with E-state index in [1.54, 1.807) is 4.88 Å². The first-order valence-electron chi connectivity index (χ1n) is 5.02. The highest BCUT2D eigenvalue weighted by molar-refractivity contribution is 7.12. The quantitative estimate of drug-likeness (QED) is 0.638. The van der Waals surface area contributed by atoms with E-state index in [1.165, 1.54) is 27.2 Å². The first-order valence-corrected chi connectivity index (χ1v) is 5.84. The second kappa shape index (κ2) is 3.39. The third kappa shape index (κ3) is 1.57. The van der Waals surface area contributed by atoms with Crippen molar-refractivity contribution in [2.45, 2.75) is 34.1 Å². The molecule has 0 atom stereocenters. The first-order chi connectivity index (χ1) is 6.58. The third-order valence-electron chi connectivity index (χ3n) is 2.54. The van der Waals surface area contributed by atoms with Crippen molar-refractivity contribution in [3.8, 4) is 0 Å². The molecule has 0 unspecified atom stereocenters. The predicted molar refractivity (Wildman–Crippen MR) is 64.8 cm³/mol. The molecular formula is C13H16S. The molecule has 0 nitrogen and oxygen atoms in total. The van der Waals surface area contributed by atoms with Gasteiger partial charge in [-0.1, -0.05) is 17.2 Å². The van der Waals surface area contributed by atoms with Crippen LogP contribution < -0.4 is 0 Å². The summed E-state index contributed by atoms with van der Waals surface area (Å²) < 4.78 is 0. The Morgan fingerprint density at radius 3 is 2.71 bits per heavy atom. The molecule has 0 N–H and O–H groups in total. The normalized spacial score (nSPS) is 14.6.